The quantitative estimate of drug-likeness (QED) is 0.906. The van der Waals surface area contributed by atoms with E-state index in [1.165, 1.54) is 6.26 Å². The summed E-state index contributed by atoms with van der Waals surface area (Å²) in [5, 5.41) is 8.91. The molecule has 0 saturated carbocycles. The van der Waals surface area contributed by atoms with Gasteiger partial charge >= 0.3 is 5.97 Å². The second-order valence-corrected chi connectivity index (χ2v) is 5.04. The van der Waals surface area contributed by atoms with E-state index in [2.05, 4.69) is 0 Å². The van der Waals surface area contributed by atoms with Crippen molar-refractivity contribution in [2.75, 3.05) is 13.1 Å². The highest BCUT2D eigenvalue weighted by Gasteiger charge is 2.32. The van der Waals surface area contributed by atoms with Crippen LogP contribution in [0.15, 0.2) is 22.8 Å². The number of carbonyl (C=O) groups is 2. The molecule has 0 aliphatic carbocycles. The predicted octanol–water partition coefficient (Wildman–Crippen LogP) is 2.24. The zero-order valence-corrected chi connectivity index (χ0v) is 11.0. The van der Waals surface area contributed by atoms with Crippen molar-refractivity contribution < 1.29 is 19.1 Å². The molecule has 1 N–H and O–H groups in total. The van der Waals surface area contributed by atoms with Gasteiger partial charge in [-0.05, 0) is 30.4 Å². The molecule has 0 spiro atoms. The van der Waals surface area contributed by atoms with E-state index in [4.69, 9.17) is 9.52 Å². The lowest BCUT2D eigenvalue weighted by Crippen LogP contribution is -2.44. The van der Waals surface area contributed by atoms with Crippen molar-refractivity contribution in [3.63, 3.8) is 0 Å². The van der Waals surface area contributed by atoms with Gasteiger partial charge in [-0.25, -0.2) is 0 Å². The molecule has 0 bridgehead atoms. The number of furan rings is 1. The summed E-state index contributed by atoms with van der Waals surface area (Å²) >= 11 is 0. The van der Waals surface area contributed by atoms with Gasteiger partial charge in [0, 0.05) is 19.5 Å². The minimum Gasteiger partial charge on any atom is -0.481 e. The maximum atomic E-state index is 12.2. The van der Waals surface area contributed by atoms with Crippen LogP contribution in [-0.2, 0) is 4.79 Å². The topological polar surface area (TPSA) is 70.8 Å². The van der Waals surface area contributed by atoms with Gasteiger partial charge in [0.2, 0.25) is 0 Å². The number of carbonyl (C=O) groups excluding carboxylic acids is 1. The Labute approximate surface area is 112 Å². The van der Waals surface area contributed by atoms with E-state index in [0.29, 0.717) is 18.8 Å². The lowest BCUT2D eigenvalue weighted by Gasteiger charge is -2.37. The highest BCUT2D eigenvalue weighted by Crippen LogP contribution is 2.29. The molecule has 1 aliphatic heterocycles. The SMILES string of the molecule is CC[C@@H]1CN(C(=O)c2ccco2)CC[C@H]1CC(=O)O. The fourth-order valence-corrected chi connectivity index (χ4v) is 2.78. The maximum Gasteiger partial charge on any atom is 0.303 e. The summed E-state index contributed by atoms with van der Waals surface area (Å²) < 4.78 is 5.12. The minimum absolute atomic E-state index is 0.0998. The van der Waals surface area contributed by atoms with E-state index in [-0.39, 0.29) is 24.2 Å². The monoisotopic (exact) mass is 265 g/mol. The second kappa shape index (κ2) is 5.91. The molecule has 1 amide bonds. The van der Waals surface area contributed by atoms with Crippen LogP contribution in [0.2, 0.25) is 0 Å². The molecule has 1 aromatic rings. The minimum atomic E-state index is -0.755. The molecule has 0 aromatic carbocycles. The van der Waals surface area contributed by atoms with E-state index in [9.17, 15) is 9.59 Å². The number of carboxylic acids is 1. The summed E-state index contributed by atoms with van der Waals surface area (Å²) in [5.41, 5.74) is 0. The van der Waals surface area contributed by atoms with Crippen LogP contribution in [0.5, 0.6) is 0 Å². The van der Waals surface area contributed by atoms with Crippen molar-refractivity contribution >= 4 is 11.9 Å². The van der Waals surface area contributed by atoms with Crippen molar-refractivity contribution in [1.29, 1.82) is 0 Å². The van der Waals surface area contributed by atoms with Gasteiger partial charge in [-0.3, -0.25) is 9.59 Å². The number of aliphatic carboxylic acids is 1. The molecule has 2 heterocycles. The standard InChI is InChI=1S/C14H19NO4/c1-2-10-9-15(6-5-11(10)8-13(16)17)14(18)12-4-3-7-19-12/h3-4,7,10-11H,2,5-6,8-9H2,1H3,(H,16,17)/t10-,11+/m1/s1. The van der Waals surface area contributed by atoms with Crippen LogP contribution in [0.3, 0.4) is 0 Å². The number of hydrogen-bond donors (Lipinski definition) is 1. The maximum absolute atomic E-state index is 12.2. The molecule has 0 unspecified atom stereocenters. The molecule has 5 heteroatoms. The first-order chi connectivity index (χ1) is 9.11. The first-order valence-corrected chi connectivity index (χ1v) is 6.66. The third-order valence-electron chi connectivity index (χ3n) is 3.87. The van der Waals surface area contributed by atoms with Crippen molar-refractivity contribution in [2.45, 2.75) is 26.2 Å². The van der Waals surface area contributed by atoms with Crippen LogP contribution in [0, 0.1) is 11.8 Å². The lowest BCUT2D eigenvalue weighted by molar-refractivity contribution is -0.139. The molecular weight excluding hydrogens is 246 g/mol. The molecule has 0 radical (unpaired) electrons. The van der Waals surface area contributed by atoms with Crippen molar-refractivity contribution in [3.05, 3.63) is 24.2 Å². The molecule has 2 rings (SSSR count). The second-order valence-electron chi connectivity index (χ2n) is 5.04. The third kappa shape index (κ3) is 3.16. The fraction of sp³-hybridized carbons (Fsp3) is 0.571. The Morgan fingerprint density at radius 2 is 2.26 bits per heavy atom. The van der Waals surface area contributed by atoms with Crippen molar-refractivity contribution in [3.8, 4) is 0 Å². The lowest BCUT2D eigenvalue weighted by atomic mass is 9.81. The van der Waals surface area contributed by atoms with Gasteiger partial charge in [0.1, 0.15) is 0 Å². The Morgan fingerprint density at radius 1 is 1.47 bits per heavy atom. The number of nitrogens with zero attached hydrogens (tertiary/aromatic N) is 1. The summed E-state index contributed by atoms with van der Waals surface area (Å²) in [6.45, 7) is 3.27. The van der Waals surface area contributed by atoms with Gasteiger partial charge in [-0.2, -0.15) is 0 Å². The molecule has 1 fully saturated rings. The van der Waals surface area contributed by atoms with E-state index in [0.717, 1.165) is 12.8 Å². The smallest absolute Gasteiger partial charge is 0.303 e. The normalized spacial score (nSPS) is 23.3. The van der Waals surface area contributed by atoms with Crippen LogP contribution >= 0.6 is 0 Å². The van der Waals surface area contributed by atoms with Gasteiger partial charge in [0.15, 0.2) is 5.76 Å². The van der Waals surface area contributed by atoms with E-state index in [1.54, 1.807) is 17.0 Å². The first kappa shape index (κ1) is 13.6. The predicted molar refractivity (Wildman–Crippen MR) is 68.8 cm³/mol. The van der Waals surface area contributed by atoms with E-state index >= 15 is 0 Å². The molecule has 1 aromatic heterocycles. The van der Waals surface area contributed by atoms with E-state index in [1.807, 2.05) is 6.92 Å². The van der Waals surface area contributed by atoms with Gasteiger partial charge in [-0.1, -0.05) is 13.3 Å². The highest BCUT2D eigenvalue weighted by molar-refractivity contribution is 5.91. The average molecular weight is 265 g/mol. The number of piperidine rings is 1. The van der Waals surface area contributed by atoms with Crippen LogP contribution in [0.4, 0.5) is 0 Å². The molecular formula is C14H19NO4. The Balaban J connectivity index is 2.00. The molecule has 104 valence electrons. The summed E-state index contributed by atoms with van der Waals surface area (Å²) in [5.74, 6) is -0.0788. The zero-order chi connectivity index (χ0) is 13.8. The summed E-state index contributed by atoms with van der Waals surface area (Å²) in [4.78, 5) is 24.8. The van der Waals surface area contributed by atoms with Gasteiger partial charge in [-0.15, -0.1) is 0 Å². The molecule has 2 atom stereocenters. The van der Waals surface area contributed by atoms with Crippen LogP contribution in [0.25, 0.3) is 0 Å². The Morgan fingerprint density at radius 3 is 2.84 bits per heavy atom. The highest BCUT2D eigenvalue weighted by atomic mass is 16.4. The van der Waals surface area contributed by atoms with E-state index < -0.39 is 5.97 Å². The van der Waals surface area contributed by atoms with Gasteiger partial charge in [0.25, 0.3) is 5.91 Å². The molecule has 19 heavy (non-hydrogen) atoms. The summed E-state index contributed by atoms with van der Waals surface area (Å²) in [6, 6.07) is 3.36. The van der Waals surface area contributed by atoms with Crippen LogP contribution < -0.4 is 0 Å². The number of hydrogen-bond acceptors (Lipinski definition) is 3. The zero-order valence-electron chi connectivity index (χ0n) is 11.0. The Kier molecular flexibility index (Phi) is 4.24. The third-order valence-corrected chi connectivity index (χ3v) is 3.87. The van der Waals surface area contributed by atoms with Crippen LogP contribution in [-0.4, -0.2) is 35.0 Å². The summed E-state index contributed by atoms with van der Waals surface area (Å²) in [6.07, 6.45) is 3.32. The summed E-state index contributed by atoms with van der Waals surface area (Å²) in [7, 11) is 0. The molecule has 1 aliphatic rings. The molecule has 5 nitrogen and oxygen atoms in total. The number of amides is 1. The first-order valence-electron chi connectivity index (χ1n) is 6.66. The molecule has 1 saturated heterocycles. The largest absolute Gasteiger partial charge is 0.481 e. The van der Waals surface area contributed by atoms with Gasteiger partial charge < -0.3 is 14.4 Å². The average Bonchev–Trinajstić information content (AvgIpc) is 2.91. The van der Waals surface area contributed by atoms with Gasteiger partial charge in [0.05, 0.1) is 6.26 Å². The van der Waals surface area contributed by atoms with Crippen LogP contribution in [0.1, 0.15) is 36.7 Å². The van der Waals surface area contributed by atoms with Crippen molar-refractivity contribution in [2.24, 2.45) is 11.8 Å². The number of likely N-dealkylation sites (tertiary alicyclic amines) is 1. The Hall–Kier alpha value is -1.78. The number of rotatable bonds is 4. The fourth-order valence-electron chi connectivity index (χ4n) is 2.78. The Bertz CT molecular complexity index is 440. The number of carboxylic acid groups (broad SMARTS) is 1. The van der Waals surface area contributed by atoms with Crippen molar-refractivity contribution in [1.82, 2.24) is 4.90 Å².